The van der Waals surface area contributed by atoms with Crippen LogP contribution < -0.4 is 4.57 Å². The predicted octanol–water partition coefficient (Wildman–Crippen LogP) is 15.8. The van der Waals surface area contributed by atoms with Gasteiger partial charge in [-0.3, -0.25) is 0 Å². The van der Waals surface area contributed by atoms with E-state index in [1.165, 1.54) is 257 Å². The summed E-state index contributed by atoms with van der Waals surface area (Å²) in [4.78, 5) is 0. The zero-order chi connectivity index (χ0) is 34.4. The largest absolute Gasteiger partial charge is 0.256 e. The van der Waals surface area contributed by atoms with Gasteiger partial charge in [-0.15, -0.1) is 0 Å². The minimum absolute atomic E-state index is 1.23. The van der Waals surface area contributed by atoms with Crippen molar-refractivity contribution in [3.05, 3.63) is 18.2 Å². The van der Waals surface area contributed by atoms with Gasteiger partial charge in [0.25, 0.3) is 5.82 Å². The zero-order valence-corrected chi connectivity index (χ0v) is 33.8. The molecule has 0 aliphatic rings. The van der Waals surface area contributed by atoms with Crippen molar-refractivity contribution in [3.63, 3.8) is 0 Å². The third-order valence-corrected chi connectivity index (χ3v) is 11.1. The Labute approximate surface area is 304 Å². The normalized spacial score (nSPS) is 11.6. The van der Waals surface area contributed by atoms with E-state index in [9.17, 15) is 0 Å². The fourth-order valence-electron chi connectivity index (χ4n) is 7.74. The van der Waals surface area contributed by atoms with Gasteiger partial charge in [-0.2, -0.15) is 0 Å². The monoisotopic (exact) mass is 672 g/mol. The van der Waals surface area contributed by atoms with Crippen LogP contribution in [0.2, 0.25) is 0 Å². The van der Waals surface area contributed by atoms with Crippen molar-refractivity contribution in [3.8, 4) is 0 Å². The molecule has 0 saturated carbocycles. The van der Waals surface area contributed by atoms with E-state index in [1.54, 1.807) is 5.82 Å². The summed E-state index contributed by atoms with van der Waals surface area (Å²) >= 11 is 0. The summed E-state index contributed by atoms with van der Waals surface area (Å²) in [6.07, 6.45) is 59.3. The molecule has 0 N–H and O–H groups in total. The van der Waals surface area contributed by atoms with Crippen molar-refractivity contribution in [2.24, 2.45) is 0 Å². The van der Waals surface area contributed by atoms with Gasteiger partial charge in [-0.05, 0) is 32.1 Å². The quantitative estimate of drug-likeness (QED) is 0.0485. The predicted molar refractivity (Wildman–Crippen MR) is 216 cm³/mol. The van der Waals surface area contributed by atoms with Gasteiger partial charge < -0.3 is 0 Å². The van der Waals surface area contributed by atoms with Crippen molar-refractivity contribution in [1.82, 2.24) is 4.57 Å². The van der Waals surface area contributed by atoms with Gasteiger partial charge in [0.05, 0.1) is 13.1 Å². The first-order valence-corrected chi connectivity index (χ1v) is 22.9. The molecular formula is C46H91N2+. The van der Waals surface area contributed by atoms with Crippen molar-refractivity contribution < 1.29 is 4.57 Å². The van der Waals surface area contributed by atoms with E-state index in [4.69, 9.17) is 0 Å². The molecule has 1 aromatic heterocycles. The van der Waals surface area contributed by atoms with E-state index < -0.39 is 0 Å². The molecule has 0 unspecified atom stereocenters. The van der Waals surface area contributed by atoms with Crippen molar-refractivity contribution in [1.29, 1.82) is 0 Å². The van der Waals surface area contributed by atoms with E-state index >= 15 is 0 Å². The SMILES string of the molecule is CCCCCCCCCCCCCCCCCCn1cc[n+](CCCCCCCCCCC)c1CCCCCCCCCCCCCC. The van der Waals surface area contributed by atoms with E-state index in [-0.39, 0.29) is 0 Å². The highest BCUT2D eigenvalue weighted by Gasteiger charge is 2.16. The van der Waals surface area contributed by atoms with E-state index in [2.05, 4.69) is 42.3 Å². The van der Waals surface area contributed by atoms with Gasteiger partial charge in [0.2, 0.25) is 0 Å². The highest BCUT2D eigenvalue weighted by molar-refractivity contribution is 4.84. The van der Waals surface area contributed by atoms with Gasteiger partial charge in [-0.1, -0.05) is 226 Å². The number of imidazole rings is 1. The first-order valence-electron chi connectivity index (χ1n) is 22.9. The number of rotatable bonds is 40. The maximum Gasteiger partial charge on any atom is 0.256 e. The molecule has 0 atom stereocenters. The van der Waals surface area contributed by atoms with Gasteiger partial charge in [-0.25, -0.2) is 9.13 Å². The summed E-state index contributed by atoms with van der Waals surface area (Å²) < 4.78 is 5.29. The summed E-state index contributed by atoms with van der Waals surface area (Å²) in [5.74, 6) is 1.63. The molecule has 0 fully saturated rings. The van der Waals surface area contributed by atoms with Crippen LogP contribution in [0.1, 0.15) is 264 Å². The van der Waals surface area contributed by atoms with E-state index in [1.807, 2.05) is 0 Å². The smallest absolute Gasteiger partial charge is 0.234 e. The molecule has 0 aromatic carbocycles. The number of unbranched alkanes of at least 4 members (excludes halogenated alkanes) is 34. The molecule has 0 bridgehead atoms. The van der Waals surface area contributed by atoms with Crippen LogP contribution in [0.5, 0.6) is 0 Å². The number of nitrogens with zero attached hydrogens (tertiary/aromatic N) is 2. The summed E-state index contributed by atoms with van der Waals surface area (Å²) in [7, 11) is 0. The topological polar surface area (TPSA) is 8.81 Å². The highest BCUT2D eigenvalue weighted by Crippen LogP contribution is 2.16. The van der Waals surface area contributed by atoms with Crippen LogP contribution in [0.3, 0.4) is 0 Å². The molecule has 48 heavy (non-hydrogen) atoms. The second-order valence-corrected chi connectivity index (χ2v) is 15.9. The Bertz CT molecular complexity index is 736. The van der Waals surface area contributed by atoms with Gasteiger partial charge in [0.1, 0.15) is 12.4 Å². The molecule has 1 heterocycles. The maximum atomic E-state index is 2.65. The fourth-order valence-corrected chi connectivity index (χ4v) is 7.74. The molecular weight excluding hydrogens is 581 g/mol. The summed E-state index contributed by atoms with van der Waals surface area (Å²) in [5.41, 5.74) is 0. The molecule has 2 nitrogen and oxygen atoms in total. The molecule has 0 spiro atoms. The van der Waals surface area contributed by atoms with Crippen LogP contribution in [-0.4, -0.2) is 4.57 Å². The Morgan fingerprint density at radius 3 is 1.00 bits per heavy atom. The van der Waals surface area contributed by atoms with Crippen LogP contribution in [0.15, 0.2) is 12.4 Å². The number of hydrogen-bond donors (Lipinski definition) is 0. The summed E-state index contributed by atoms with van der Waals surface area (Å²) in [6.45, 7) is 9.41. The Morgan fingerprint density at radius 1 is 0.354 bits per heavy atom. The molecule has 1 aromatic rings. The third kappa shape index (κ3) is 29.0. The summed E-state index contributed by atoms with van der Waals surface area (Å²) in [5, 5.41) is 0. The van der Waals surface area contributed by atoms with Gasteiger partial charge in [0.15, 0.2) is 0 Å². The van der Waals surface area contributed by atoms with Crippen molar-refractivity contribution >= 4 is 0 Å². The second kappa shape index (κ2) is 37.5. The zero-order valence-electron chi connectivity index (χ0n) is 33.8. The Kier molecular flexibility index (Phi) is 35.3. The number of hydrogen-bond acceptors (Lipinski definition) is 0. The molecule has 284 valence electrons. The molecule has 0 aliphatic carbocycles. The Balaban J connectivity index is 2.24. The standard InChI is InChI=1S/C46H91N2/c1-4-7-10-13-16-19-21-23-24-25-26-28-31-34-37-40-43-48-45-44-47(42-39-36-33-30-18-15-12-9-6-3)46(48)41-38-35-32-29-27-22-20-17-14-11-8-5-2/h44-45H,4-43H2,1-3H3/q+1. The van der Waals surface area contributed by atoms with Gasteiger partial charge in [0, 0.05) is 6.42 Å². The van der Waals surface area contributed by atoms with Crippen LogP contribution in [0.25, 0.3) is 0 Å². The average Bonchev–Trinajstić information content (AvgIpc) is 3.48. The molecule has 2 heteroatoms. The third-order valence-electron chi connectivity index (χ3n) is 11.1. The molecule has 1 rings (SSSR count). The second-order valence-electron chi connectivity index (χ2n) is 15.9. The van der Waals surface area contributed by atoms with Crippen molar-refractivity contribution in [2.45, 2.75) is 278 Å². The van der Waals surface area contributed by atoms with Crippen LogP contribution in [0, 0.1) is 0 Å². The molecule has 0 amide bonds. The lowest BCUT2D eigenvalue weighted by Crippen LogP contribution is -2.37. The molecule has 0 aliphatic heterocycles. The van der Waals surface area contributed by atoms with E-state index in [0.29, 0.717) is 0 Å². The lowest BCUT2D eigenvalue weighted by molar-refractivity contribution is -0.704. The minimum atomic E-state index is 1.23. The fraction of sp³-hybridized carbons (Fsp3) is 0.935. The maximum absolute atomic E-state index is 2.65. The number of aryl methyl sites for hydroxylation is 2. The first-order chi connectivity index (χ1) is 23.8. The number of aromatic nitrogens is 2. The Hall–Kier alpha value is -0.790. The van der Waals surface area contributed by atoms with Crippen molar-refractivity contribution in [2.75, 3.05) is 0 Å². The summed E-state index contributed by atoms with van der Waals surface area (Å²) in [6, 6.07) is 0. The molecule has 0 saturated heterocycles. The van der Waals surface area contributed by atoms with Crippen LogP contribution >= 0.6 is 0 Å². The minimum Gasteiger partial charge on any atom is -0.234 e. The van der Waals surface area contributed by atoms with Gasteiger partial charge >= 0.3 is 0 Å². The van der Waals surface area contributed by atoms with E-state index in [0.717, 1.165) is 0 Å². The Morgan fingerprint density at radius 2 is 0.646 bits per heavy atom. The molecule has 0 radical (unpaired) electrons. The lowest BCUT2D eigenvalue weighted by Gasteiger charge is -2.07. The first kappa shape index (κ1) is 45.2. The lowest BCUT2D eigenvalue weighted by atomic mass is 10.0. The average molecular weight is 672 g/mol. The van der Waals surface area contributed by atoms with Crippen LogP contribution in [-0.2, 0) is 19.5 Å². The van der Waals surface area contributed by atoms with Crippen LogP contribution in [0.4, 0.5) is 0 Å². The highest BCUT2D eigenvalue weighted by atomic mass is 15.1.